The van der Waals surface area contributed by atoms with Gasteiger partial charge in [0.05, 0.1) is 12.7 Å². The van der Waals surface area contributed by atoms with Crippen LogP contribution in [0.1, 0.15) is 19.4 Å². The van der Waals surface area contributed by atoms with Gasteiger partial charge in [0, 0.05) is 19.3 Å². The third kappa shape index (κ3) is 5.09. The molecule has 0 spiro atoms. The first kappa shape index (κ1) is 12.9. The Kier molecular flexibility index (Phi) is 5.22. The van der Waals surface area contributed by atoms with Crippen LogP contribution in [-0.4, -0.2) is 36.2 Å². The molecule has 4 nitrogen and oxygen atoms in total. The van der Waals surface area contributed by atoms with E-state index < -0.39 is 0 Å². The summed E-state index contributed by atoms with van der Waals surface area (Å²) in [5.74, 6) is 0.573. The Morgan fingerprint density at radius 3 is 2.88 bits per heavy atom. The topological polar surface area (TPSA) is 51.4 Å². The van der Waals surface area contributed by atoms with E-state index in [1.165, 1.54) is 5.56 Å². The molecule has 90 valence electrons. The van der Waals surface area contributed by atoms with Crippen LogP contribution in [0.15, 0.2) is 18.3 Å². The van der Waals surface area contributed by atoms with E-state index >= 15 is 0 Å². The largest absolute Gasteiger partial charge is 0.384 e. The maximum atomic E-state index is 5.62. The minimum atomic E-state index is 0.296. The Hall–Kier alpha value is -1.13. The van der Waals surface area contributed by atoms with E-state index in [1.54, 1.807) is 6.20 Å². The zero-order valence-corrected chi connectivity index (χ0v) is 10.3. The fourth-order valence-corrected chi connectivity index (χ4v) is 1.43. The average molecular weight is 223 g/mol. The zero-order chi connectivity index (χ0) is 12.0. The molecule has 0 bridgehead atoms. The van der Waals surface area contributed by atoms with E-state index in [9.17, 15) is 0 Å². The highest BCUT2D eigenvalue weighted by molar-refractivity contribution is 5.31. The molecule has 4 heteroatoms. The second-order valence-electron chi connectivity index (χ2n) is 4.25. The molecule has 0 atom stereocenters. The number of nitrogens with two attached hydrogens (primary N) is 1. The quantitative estimate of drug-likeness (QED) is 0.794. The third-order valence-electron chi connectivity index (χ3n) is 2.22. The van der Waals surface area contributed by atoms with Crippen molar-refractivity contribution < 1.29 is 4.74 Å². The van der Waals surface area contributed by atoms with Crippen molar-refractivity contribution in [1.29, 1.82) is 0 Å². The van der Waals surface area contributed by atoms with Gasteiger partial charge in [-0.05, 0) is 38.6 Å². The molecule has 1 aromatic rings. The predicted molar refractivity (Wildman–Crippen MR) is 66.1 cm³/mol. The van der Waals surface area contributed by atoms with Crippen LogP contribution in [0.4, 0.5) is 5.82 Å². The summed E-state index contributed by atoms with van der Waals surface area (Å²) in [5, 5.41) is 0. The fourth-order valence-electron chi connectivity index (χ4n) is 1.43. The molecule has 1 heterocycles. The van der Waals surface area contributed by atoms with Gasteiger partial charge in [-0.2, -0.15) is 0 Å². The highest BCUT2D eigenvalue weighted by Gasteiger charge is 2.01. The van der Waals surface area contributed by atoms with Crippen molar-refractivity contribution >= 4 is 5.82 Å². The van der Waals surface area contributed by atoms with Gasteiger partial charge in [0.25, 0.3) is 0 Å². The lowest BCUT2D eigenvalue weighted by Crippen LogP contribution is -2.24. The highest BCUT2D eigenvalue weighted by atomic mass is 16.5. The van der Waals surface area contributed by atoms with Crippen LogP contribution >= 0.6 is 0 Å². The first-order valence-corrected chi connectivity index (χ1v) is 5.58. The van der Waals surface area contributed by atoms with Gasteiger partial charge in [-0.1, -0.05) is 0 Å². The number of pyridine rings is 1. The number of rotatable bonds is 6. The summed E-state index contributed by atoms with van der Waals surface area (Å²) in [4.78, 5) is 6.17. The molecule has 0 radical (unpaired) electrons. The number of nitrogen functional groups attached to an aromatic ring is 1. The lowest BCUT2D eigenvalue weighted by Gasteiger charge is -2.17. The van der Waals surface area contributed by atoms with Gasteiger partial charge in [0.15, 0.2) is 0 Å². The monoisotopic (exact) mass is 223 g/mol. The summed E-state index contributed by atoms with van der Waals surface area (Å²) < 4.78 is 5.50. The third-order valence-corrected chi connectivity index (χ3v) is 2.22. The number of anilines is 1. The van der Waals surface area contributed by atoms with E-state index in [0.717, 1.165) is 19.7 Å². The van der Waals surface area contributed by atoms with Crippen molar-refractivity contribution in [2.45, 2.75) is 26.5 Å². The summed E-state index contributed by atoms with van der Waals surface area (Å²) in [6.45, 7) is 6.64. The molecule has 0 aliphatic rings. The summed E-state index contributed by atoms with van der Waals surface area (Å²) in [5.41, 5.74) is 6.80. The number of hydrogen-bond acceptors (Lipinski definition) is 4. The van der Waals surface area contributed by atoms with Gasteiger partial charge in [-0.25, -0.2) is 4.98 Å². The molecule has 0 saturated heterocycles. The van der Waals surface area contributed by atoms with Crippen LogP contribution in [0.5, 0.6) is 0 Å². The maximum absolute atomic E-state index is 5.62. The molecule has 0 fully saturated rings. The Morgan fingerprint density at radius 1 is 1.50 bits per heavy atom. The molecule has 0 aliphatic carbocycles. The Labute approximate surface area is 97.4 Å². The Bertz CT molecular complexity index is 315. The second-order valence-corrected chi connectivity index (χ2v) is 4.25. The van der Waals surface area contributed by atoms with Gasteiger partial charge in [-0.15, -0.1) is 0 Å². The molecule has 0 aromatic carbocycles. The van der Waals surface area contributed by atoms with Crippen LogP contribution in [0.3, 0.4) is 0 Å². The molecule has 16 heavy (non-hydrogen) atoms. The molecular formula is C12H21N3O. The first-order valence-electron chi connectivity index (χ1n) is 5.58. The molecule has 1 aromatic heterocycles. The first-order chi connectivity index (χ1) is 7.58. The summed E-state index contributed by atoms with van der Waals surface area (Å²) in [6.07, 6.45) is 2.04. The van der Waals surface area contributed by atoms with E-state index in [-0.39, 0.29) is 0 Å². The number of ether oxygens (including phenoxy) is 1. The lowest BCUT2D eigenvalue weighted by molar-refractivity contribution is 0.0627. The average Bonchev–Trinajstić information content (AvgIpc) is 2.16. The van der Waals surface area contributed by atoms with Crippen LogP contribution in [0.25, 0.3) is 0 Å². The number of likely N-dealkylation sites (N-methyl/N-ethyl adjacent to an activating group) is 1. The van der Waals surface area contributed by atoms with Crippen molar-refractivity contribution in [3.63, 3.8) is 0 Å². The fraction of sp³-hybridized carbons (Fsp3) is 0.583. The van der Waals surface area contributed by atoms with Crippen molar-refractivity contribution in [2.24, 2.45) is 0 Å². The number of hydrogen-bond donors (Lipinski definition) is 1. The van der Waals surface area contributed by atoms with Crippen molar-refractivity contribution in [3.8, 4) is 0 Å². The zero-order valence-electron chi connectivity index (χ0n) is 10.3. The number of aromatic nitrogens is 1. The van der Waals surface area contributed by atoms with Gasteiger partial charge < -0.3 is 10.5 Å². The molecular weight excluding hydrogens is 202 g/mol. The minimum Gasteiger partial charge on any atom is -0.384 e. The van der Waals surface area contributed by atoms with E-state index in [4.69, 9.17) is 10.5 Å². The van der Waals surface area contributed by atoms with Gasteiger partial charge in [-0.3, -0.25) is 4.90 Å². The molecule has 2 N–H and O–H groups in total. The Balaban J connectivity index is 2.31. The molecule has 1 rings (SSSR count). The second kappa shape index (κ2) is 6.45. The Morgan fingerprint density at radius 2 is 2.25 bits per heavy atom. The van der Waals surface area contributed by atoms with Crippen LogP contribution < -0.4 is 5.73 Å². The van der Waals surface area contributed by atoms with Crippen molar-refractivity contribution in [3.05, 3.63) is 23.9 Å². The van der Waals surface area contributed by atoms with E-state index in [1.807, 2.05) is 26.0 Å². The lowest BCUT2D eigenvalue weighted by atomic mass is 10.2. The molecule has 0 aliphatic heterocycles. The smallest absolute Gasteiger partial charge is 0.123 e. The van der Waals surface area contributed by atoms with Crippen molar-refractivity contribution in [2.75, 3.05) is 25.9 Å². The molecule has 0 amide bonds. The highest BCUT2D eigenvalue weighted by Crippen LogP contribution is 2.05. The van der Waals surface area contributed by atoms with Crippen LogP contribution in [0, 0.1) is 0 Å². The standard InChI is InChI=1S/C12H21N3O/c1-10(2)16-7-6-15(3)9-11-4-5-14-12(13)8-11/h4-5,8,10H,6-7,9H2,1-3H3,(H2,13,14). The normalized spacial score (nSPS) is 11.3. The molecule has 0 unspecified atom stereocenters. The molecule has 0 saturated carbocycles. The van der Waals surface area contributed by atoms with E-state index in [2.05, 4.69) is 16.9 Å². The summed E-state index contributed by atoms with van der Waals surface area (Å²) >= 11 is 0. The SMILES string of the molecule is CC(C)OCCN(C)Cc1ccnc(N)c1. The van der Waals surface area contributed by atoms with Crippen molar-refractivity contribution in [1.82, 2.24) is 9.88 Å². The summed E-state index contributed by atoms with van der Waals surface area (Å²) in [6, 6.07) is 3.88. The van der Waals surface area contributed by atoms with Gasteiger partial charge in [0.2, 0.25) is 0 Å². The van der Waals surface area contributed by atoms with Crippen LogP contribution in [0.2, 0.25) is 0 Å². The van der Waals surface area contributed by atoms with E-state index in [0.29, 0.717) is 11.9 Å². The summed E-state index contributed by atoms with van der Waals surface area (Å²) in [7, 11) is 2.07. The van der Waals surface area contributed by atoms with Crippen LogP contribution in [-0.2, 0) is 11.3 Å². The predicted octanol–water partition coefficient (Wildman–Crippen LogP) is 1.52. The van der Waals surface area contributed by atoms with Gasteiger partial charge in [0.1, 0.15) is 5.82 Å². The minimum absolute atomic E-state index is 0.296. The van der Waals surface area contributed by atoms with Gasteiger partial charge >= 0.3 is 0 Å². The number of nitrogens with zero attached hydrogens (tertiary/aromatic N) is 2. The maximum Gasteiger partial charge on any atom is 0.123 e.